The van der Waals surface area contributed by atoms with Gasteiger partial charge in [0.15, 0.2) is 0 Å². The van der Waals surface area contributed by atoms with Gasteiger partial charge in [0.1, 0.15) is 0 Å². The molecule has 1 fully saturated rings. The fourth-order valence-electron chi connectivity index (χ4n) is 1.34. The maximum atomic E-state index is 11.0. The van der Waals surface area contributed by atoms with Crippen molar-refractivity contribution in [3.05, 3.63) is 0 Å². The average molecular weight is 156 g/mol. The molecule has 0 radical (unpaired) electrons. The van der Waals surface area contributed by atoms with Gasteiger partial charge in [0.2, 0.25) is 5.91 Å². The van der Waals surface area contributed by atoms with E-state index in [2.05, 4.69) is 5.32 Å². The highest BCUT2D eigenvalue weighted by atomic mass is 16.2. The molecule has 1 amide bonds. The Kier molecular flexibility index (Phi) is 3.36. The van der Waals surface area contributed by atoms with Gasteiger partial charge in [-0.05, 0) is 25.9 Å². The molecule has 1 aliphatic rings. The zero-order chi connectivity index (χ0) is 8.10. The van der Waals surface area contributed by atoms with Crippen molar-refractivity contribution in [3.8, 4) is 0 Å². The first-order valence-corrected chi connectivity index (χ1v) is 4.27. The fraction of sp³-hybridized carbons (Fsp3) is 0.875. The Balaban J connectivity index is 2.32. The lowest BCUT2D eigenvalue weighted by molar-refractivity contribution is -0.129. The van der Waals surface area contributed by atoms with Gasteiger partial charge < -0.3 is 10.2 Å². The zero-order valence-corrected chi connectivity index (χ0v) is 7.10. The molecule has 1 N–H and O–H groups in total. The van der Waals surface area contributed by atoms with Crippen LogP contribution in [0.1, 0.15) is 19.8 Å². The monoisotopic (exact) mass is 156 g/mol. The van der Waals surface area contributed by atoms with Crippen molar-refractivity contribution in [1.29, 1.82) is 0 Å². The average Bonchev–Trinajstić information content (AvgIpc) is 1.84. The molecule has 0 spiro atoms. The van der Waals surface area contributed by atoms with Crippen LogP contribution in [0.4, 0.5) is 0 Å². The molecule has 0 atom stereocenters. The number of carbonyl (C=O) groups excluding carboxylic acids is 1. The van der Waals surface area contributed by atoms with Gasteiger partial charge in [0.25, 0.3) is 0 Å². The Morgan fingerprint density at radius 1 is 1.27 bits per heavy atom. The third-order valence-electron chi connectivity index (χ3n) is 2.01. The Morgan fingerprint density at radius 2 is 1.82 bits per heavy atom. The second kappa shape index (κ2) is 4.34. The first-order chi connectivity index (χ1) is 5.30. The van der Waals surface area contributed by atoms with Crippen LogP contribution >= 0.6 is 0 Å². The van der Waals surface area contributed by atoms with E-state index in [1.165, 1.54) is 0 Å². The predicted molar refractivity (Wildman–Crippen MR) is 44.4 cm³/mol. The van der Waals surface area contributed by atoms with Gasteiger partial charge in [-0.2, -0.15) is 0 Å². The summed E-state index contributed by atoms with van der Waals surface area (Å²) < 4.78 is 0. The van der Waals surface area contributed by atoms with E-state index >= 15 is 0 Å². The number of nitrogens with one attached hydrogen (secondary N) is 1. The minimum absolute atomic E-state index is 0.215. The molecule has 0 unspecified atom stereocenters. The summed E-state index contributed by atoms with van der Waals surface area (Å²) in [6.07, 6.45) is 2.17. The Hall–Kier alpha value is -0.570. The first-order valence-electron chi connectivity index (χ1n) is 4.27. The van der Waals surface area contributed by atoms with Crippen LogP contribution in [0.5, 0.6) is 0 Å². The van der Waals surface area contributed by atoms with E-state index in [9.17, 15) is 4.79 Å². The molecular weight excluding hydrogens is 140 g/mol. The van der Waals surface area contributed by atoms with Crippen LogP contribution in [-0.2, 0) is 4.79 Å². The molecule has 0 aromatic rings. The van der Waals surface area contributed by atoms with Crippen molar-refractivity contribution in [3.63, 3.8) is 0 Å². The lowest BCUT2D eigenvalue weighted by Crippen LogP contribution is -2.36. The van der Waals surface area contributed by atoms with E-state index < -0.39 is 0 Å². The summed E-state index contributed by atoms with van der Waals surface area (Å²) in [5, 5.41) is 3.31. The van der Waals surface area contributed by atoms with Crippen molar-refractivity contribution in [2.75, 3.05) is 26.2 Å². The topological polar surface area (TPSA) is 32.3 Å². The van der Waals surface area contributed by atoms with Gasteiger partial charge in [-0.15, -0.1) is 0 Å². The molecule has 1 aliphatic heterocycles. The second-order valence-corrected chi connectivity index (χ2v) is 2.96. The maximum Gasteiger partial charge on any atom is 0.219 e. The summed E-state index contributed by atoms with van der Waals surface area (Å²) in [5.74, 6) is 0.215. The van der Waals surface area contributed by atoms with Crippen LogP contribution in [0, 0.1) is 0 Å². The summed E-state index contributed by atoms with van der Waals surface area (Å²) in [6, 6.07) is 0. The molecule has 1 saturated heterocycles. The number of hydrogen-bond donors (Lipinski definition) is 1. The molecule has 11 heavy (non-hydrogen) atoms. The van der Waals surface area contributed by atoms with Gasteiger partial charge in [0, 0.05) is 20.0 Å². The Bertz CT molecular complexity index is 128. The van der Waals surface area contributed by atoms with Crippen molar-refractivity contribution >= 4 is 5.91 Å². The normalized spacial score (nSPS) is 20.6. The number of carbonyl (C=O) groups is 1. The summed E-state index contributed by atoms with van der Waals surface area (Å²) in [4.78, 5) is 12.9. The molecule has 64 valence electrons. The number of nitrogens with zero attached hydrogens (tertiary/aromatic N) is 1. The second-order valence-electron chi connectivity index (χ2n) is 2.96. The van der Waals surface area contributed by atoms with E-state index in [1.807, 2.05) is 4.90 Å². The fourth-order valence-corrected chi connectivity index (χ4v) is 1.34. The standard InChI is InChI=1S/C8H16N2O/c1-8(11)10-6-2-4-9-5-3-7-10/h9H,2-7H2,1H3. The van der Waals surface area contributed by atoms with Crippen molar-refractivity contribution in [2.45, 2.75) is 19.8 Å². The smallest absolute Gasteiger partial charge is 0.219 e. The van der Waals surface area contributed by atoms with E-state index in [0.717, 1.165) is 39.0 Å². The number of amides is 1. The summed E-state index contributed by atoms with van der Waals surface area (Å²) in [7, 11) is 0. The van der Waals surface area contributed by atoms with Crippen LogP contribution < -0.4 is 5.32 Å². The molecule has 0 aliphatic carbocycles. The summed E-state index contributed by atoms with van der Waals surface area (Å²) >= 11 is 0. The molecule has 3 nitrogen and oxygen atoms in total. The van der Waals surface area contributed by atoms with Crippen LogP contribution in [0.15, 0.2) is 0 Å². The van der Waals surface area contributed by atoms with Gasteiger partial charge >= 0.3 is 0 Å². The lowest BCUT2D eigenvalue weighted by atomic mass is 10.3. The van der Waals surface area contributed by atoms with Gasteiger partial charge in [0.05, 0.1) is 0 Å². The molecule has 0 saturated carbocycles. The van der Waals surface area contributed by atoms with Gasteiger partial charge in [-0.1, -0.05) is 0 Å². The SMILES string of the molecule is CC(=O)N1CCCNCCC1. The van der Waals surface area contributed by atoms with Crippen LogP contribution in [0.25, 0.3) is 0 Å². The third kappa shape index (κ3) is 2.89. The summed E-state index contributed by atoms with van der Waals surface area (Å²) in [6.45, 7) is 5.58. The van der Waals surface area contributed by atoms with Crippen molar-refractivity contribution in [1.82, 2.24) is 10.2 Å². The molecule has 1 rings (SSSR count). The lowest BCUT2D eigenvalue weighted by Gasteiger charge is -2.23. The van der Waals surface area contributed by atoms with Crippen LogP contribution in [0.3, 0.4) is 0 Å². The quantitative estimate of drug-likeness (QED) is 0.544. The van der Waals surface area contributed by atoms with Gasteiger partial charge in [-0.25, -0.2) is 0 Å². The maximum absolute atomic E-state index is 11.0. The van der Waals surface area contributed by atoms with E-state index in [0.29, 0.717) is 0 Å². The van der Waals surface area contributed by atoms with E-state index in [4.69, 9.17) is 0 Å². The molecule has 0 aromatic carbocycles. The van der Waals surface area contributed by atoms with Gasteiger partial charge in [-0.3, -0.25) is 4.79 Å². The number of rotatable bonds is 0. The highest BCUT2D eigenvalue weighted by molar-refractivity contribution is 5.73. The highest BCUT2D eigenvalue weighted by Crippen LogP contribution is 1.97. The highest BCUT2D eigenvalue weighted by Gasteiger charge is 2.08. The Morgan fingerprint density at radius 3 is 2.27 bits per heavy atom. The minimum Gasteiger partial charge on any atom is -0.343 e. The van der Waals surface area contributed by atoms with Crippen LogP contribution in [0.2, 0.25) is 0 Å². The molecule has 3 heteroatoms. The predicted octanol–water partition coefficient (Wildman–Crippen LogP) is 0.218. The first kappa shape index (κ1) is 8.53. The molecule has 0 aromatic heterocycles. The third-order valence-corrected chi connectivity index (χ3v) is 2.01. The summed E-state index contributed by atoms with van der Waals surface area (Å²) in [5.41, 5.74) is 0. The number of hydrogen-bond acceptors (Lipinski definition) is 2. The molecule has 0 bridgehead atoms. The van der Waals surface area contributed by atoms with Crippen LogP contribution in [-0.4, -0.2) is 37.0 Å². The molecule has 1 heterocycles. The van der Waals surface area contributed by atoms with E-state index in [1.54, 1.807) is 6.92 Å². The van der Waals surface area contributed by atoms with Crippen molar-refractivity contribution < 1.29 is 4.79 Å². The largest absolute Gasteiger partial charge is 0.343 e. The minimum atomic E-state index is 0.215. The Labute approximate surface area is 67.8 Å². The van der Waals surface area contributed by atoms with Crippen molar-refractivity contribution in [2.24, 2.45) is 0 Å². The van der Waals surface area contributed by atoms with E-state index in [-0.39, 0.29) is 5.91 Å². The molecular formula is C8H16N2O. The zero-order valence-electron chi connectivity index (χ0n) is 7.10.